The summed E-state index contributed by atoms with van der Waals surface area (Å²) in [6, 6.07) is 6.11. The van der Waals surface area contributed by atoms with E-state index < -0.39 is 0 Å². The normalized spacial score (nSPS) is 16.7. The van der Waals surface area contributed by atoms with Crippen molar-refractivity contribution in [3.8, 4) is 11.5 Å². The summed E-state index contributed by atoms with van der Waals surface area (Å²) in [5, 5.41) is 6.67. The highest BCUT2D eigenvalue weighted by Gasteiger charge is 2.15. The first-order valence-electron chi connectivity index (χ1n) is 10.8. The zero-order chi connectivity index (χ0) is 20.7. The standard InChI is InChI=1S/C22H37N3O4/c1-4-23-22(25-13-7-14-29-19-11-15-27-17-19)24-12-6-8-18-9-10-20(26-3)21(16-18)28-5-2/h9-10,16,19H,4-8,11-15,17H2,1-3H3,(H2,23,24,25). The molecule has 2 N–H and O–H groups in total. The van der Waals surface area contributed by atoms with Crippen LogP contribution in [0.25, 0.3) is 0 Å². The van der Waals surface area contributed by atoms with Gasteiger partial charge in [0.05, 0.1) is 26.4 Å². The lowest BCUT2D eigenvalue weighted by Crippen LogP contribution is -2.38. The number of guanidine groups is 1. The summed E-state index contributed by atoms with van der Waals surface area (Å²) < 4.78 is 22.1. The molecule has 164 valence electrons. The molecule has 1 unspecified atom stereocenters. The highest BCUT2D eigenvalue weighted by molar-refractivity contribution is 5.79. The number of hydrogen-bond donors (Lipinski definition) is 2. The fraction of sp³-hybridized carbons (Fsp3) is 0.682. The van der Waals surface area contributed by atoms with E-state index in [-0.39, 0.29) is 6.10 Å². The maximum Gasteiger partial charge on any atom is 0.191 e. The second-order valence-corrected chi connectivity index (χ2v) is 6.92. The van der Waals surface area contributed by atoms with Crippen molar-refractivity contribution in [1.82, 2.24) is 10.6 Å². The van der Waals surface area contributed by atoms with Gasteiger partial charge in [-0.1, -0.05) is 6.07 Å². The molecule has 0 bridgehead atoms. The Labute approximate surface area is 175 Å². The predicted molar refractivity (Wildman–Crippen MR) is 116 cm³/mol. The molecule has 1 heterocycles. The summed E-state index contributed by atoms with van der Waals surface area (Å²) in [5.74, 6) is 2.44. The van der Waals surface area contributed by atoms with E-state index in [1.54, 1.807) is 7.11 Å². The van der Waals surface area contributed by atoms with Gasteiger partial charge < -0.3 is 29.6 Å². The number of rotatable bonds is 13. The lowest BCUT2D eigenvalue weighted by molar-refractivity contribution is 0.0420. The van der Waals surface area contributed by atoms with Crippen LogP contribution in [0.2, 0.25) is 0 Å². The maximum atomic E-state index is 5.79. The number of nitrogens with one attached hydrogen (secondary N) is 2. The number of methoxy groups -OCH3 is 1. The fourth-order valence-corrected chi connectivity index (χ4v) is 3.13. The van der Waals surface area contributed by atoms with Gasteiger partial charge in [-0.25, -0.2) is 0 Å². The van der Waals surface area contributed by atoms with Gasteiger partial charge in [0, 0.05) is 32.8 Å². The molecule has 1 aliphatic heterocycles. The zero-order valence-electron chi connectivity index (χ0n) is 18.2. The first-order chi connectivity index (χ1) is 14.3. The van der Waals surface area contributed by atoms with E-state index in [2.05, 4.69) is 34.7 Å². The Morgan fingerprint density at radius 3 is 2.83 bits per heavy atom. The molecule has 2 rings (SSSR count). The van der Waals surface area contributed by atoms with Gasteiger partial charge in [-0.3, -0.25) is 4.99 Å². The average Bonchev–Trinajstić information content (AvgIpc) is 3.25. The molecule has 1 saturated heterocycles. The third-order valence-electron chi connectivity index (χ3n) is 4.62. The van der Waals surface area contributed by atoms with Crippen molar-refractivity contribution in [1.29, 1.82) is 0 Å². The van der Waals surface area contributed by atoms with Crippen molar-refractivity contribution >= 4 is 5.96 Å². The third-order valence-corrected chi connectivity index (χ3v) is 4.62. The number of aliphatic imine (C=N–C) groups is 1. The van der Waals surface area contributed by atoms with Crippen molar-refractivity contribution in [2.75, 3.05) is 53.2 Å². The Hall–Kier alpha value is -1.99. The molecule has 7 nitrogen and oxygen atoms in total. The van der Waals surface area contributed by atoms with Gasteiger partial charge in [0.25, 0.3) is 0 Å². The summed E-state index contributed by atoms with van der Waals surface area (Å²) in [7, 11) is 1.66. The van der Waals surface area contributed by atoms with Crippen LogP contribution in [-0.2, 0) is 15.9 Å². The first-order valence-corrected chi connectivity index (χ1v) is 10.8. The molecular formula is C22H37N3O4. The molecule has 0 spiro atoms. The highest BCUT2D eigenvalue weighted by atomic mass is 16.5. The summed E-state index contributed by atoms with van der Waals surface area (Å²) >= 11 is 0. The fourth-order valence-electron chi connectivity index (χ4n) is 3.13. The number of hydrogen-bond acceptors (Lipinski definition) is 5. The van der Waals surface area contributed by atoms with Crippen LogP contribution in [0.1, 0.15) is 38.7 Å². The van der Waals surface area contributed by atoms with Crippen molar-refractivity contribution in [2.24, 2.45) is 4.99 Å². The molecule has 1 aromatic carbocycles. The number of benzene rings is 1. The van der Waals surface area contributed by atoms with Gasteiger partial charge >= 0.3 is 0 Å². The van der Waals surface area contributed by atoms with E-state index in [0.717, 1.165) is 82.6 Å². The first kappa shape index (κ1) is 23.3. The van der Waals surface area contributed by atoms with Crippen LogP contribution >= 0.6 is 0 Å². The quantitative estimate of drug-likeness (QED) is 0.298. The smallest absolute Gasteiger partial charge is 0.191 e. The van der Waals surface area contributed by atoms with Crippen molar-refractivity contribution < 1.29 is 18.9 Å². The van der Waals surface area contributed by atoms with Crippen molar-refractivity contribution in [3.05, 3.63) is 23.8 Å². The molecule has 1 aliphatic rings. The Morgan fingerprint density at radius 2 is 2.10 bits per heavy atom. The van der Waals surface area contributed by atoms with E-state index in [0.29, 0.717) is 6.61 Å². The maximum absolute atomic E-state index is 5.79. The second-order valence-electron chi connectivity index (χ2n) is 6.92. The summed E-state index contributed by atoms with van der Waals surface area (Å²) in [6.45, 7) is 9.44. The highest BCUT2D eigenvalue weighted by Crippen LogP contribution is 2.28. The van der Waals surface area contributed by atoms with Gasteiger partial charge in [-0.05, 0) is 57.2 Å². The lowest BCUT2D eigenvalue weighted by Gasteiger charge is -2.13. The molecular weight excluding hydrogens is 370 g/mol. The minimum atomic E-state index is 0.276. The molecule has 29 heavy (non-hydrogen) atoms. The van der Waals surface area contributed by atoms with E-state index in [4.69, 9.17) is 18.9 Å². The van der Waals surface area contributed by atoms with E-state index in [9.17, 15) is 0 Å². The van der Waals surface area contributed by atoms with Crippen LogP contribution in [0.4, 0.5) is 0 Å². The minimum absolute atomic E-state index is 0.276. The number of aryl methyl sites for hydroxylation is 1. The van der Waals surface area contributed by atoms with Gasteiger partial charge in [-0.15, -0.1) is 0 Å². The van der Waals surface area contributed by atoms with Crippen LogP contribution in [0.15, 0.2) is 23.2 Å². The number of ether oxygens (including phenoxy) is 4. The van der Waals surface area contributed by atoms with Gasteiger partial charge in [0.1, 0.15) is 0 Å². The van der Waals surface area contributed by atoms with Crippen LogP contribution in [0.3, 0.4) is 0 Å². The van der Waals surface area contributed by atoms with E-state index in [1.807, 2.05) is 13.0 Å². The number of nitrogens with zero attached hydrogens (tertiary/aromatic N) is 1. The summed E-state index contributed by atoms with van der Waals surface area (Å²) in [5.41, 5.74) is 1.23. The van der Waals surface area contributed by atoms with Gasteiger partial charge in [0.15, 0.2) is 17.5 Å². The third kappa shape index (κ3) is 8.92. The predicted octanol–water partition coefficient (Wildman–Crippen LogP) is 2.78. The van der Waals surface area contributed by atoms with Crippen molar-refractivity contribution in [2.45, 2.75) is 45.6 Å². The molecule has 0 aliphatic carbocycles. The topological polar surface area (TPSA) is 73.3 Å². The monoisotopic (exact) mass is 407 g/mol. The molecule has 0 aromatic heterocycles. The Balaban J connectivity index is 1.68. The van der Waals surface area contributed by atoms with Crippen LogP contribution < -0.4 is 20.1 Å². The zero-order valence-corrected chi connectivity index (χ0v) is 18.2. The summed E-state index contributed by atoms with van der Waals surface area (Å²) in [6.07, 6.45) is 4.16. The molecule has 1 atom stereocenters. The van der Waals surface area contributed by atoms with Crippen LogP contribution in [0.5, 0.6) is 11.5 Å². The Morgan fingerprint density at radius 1 is 1.21 bits per heavy atom. The largest absolute Gasteiger partial charge is 0.493 e. The molecule has 7 heteroatoms. The Bertz CT molecular complexity index is 604. The summed E-state index contributed by atoms with van der Waals surface area (Å²) in [4.78, 5) is 4.67. The Kier molecular flexibility index (Phi) is 11.3. The molecule has 0 amide bonds. The van der Waals surface area contributed by atoms with Crippen LogP contribution in [-0.4, -0.2) is 65.2 Å². The SMILES string of the molecule is CCNC(=NCCCc1ccc(OC)c(OCC)c1)NCCCOC1CCOC1. The second kappa shape index (κ2) is 14.1. The van der Waals surface area contributed by atoms with Crippen molar-refractivity contribution in [3.63, 3.8) is 0 Å². The molecule has 1 aromatic rings. The van der Waals surface area contributed by atoms with E-state index >= 15 is 0 Å². The van der Waals surface area contributed by atoms with E-state index in [1.165, 1.54) is 5.56 Å². The minimum Gasteiger partial charge on any atom is -0.493 e. The average molecular weight is 408 g/mol. The molecule has 1 fully saturated rings. The molecule has 0 radical (unpaired) electrons. The van der Waals surface area contributed by atoms with Gasteiger partial charge in [-0.2, -0.15) is 0 Å². The van der Waals surface area contributed by atoms with Gasteiger partial charge in [0.2, 0.25) is 0 Å². The lowest BCUT2D eigenvalue weighted by atomic mass is 10.1. The van der Waals surface area contributed by atoms with Crippen LogP contribution in [0, 0.1) is 0 Å². The molecule has 0 saturated carbocycles.